The van der Waals surface area contributed by atoms with Crippen LogP contribution in [0.25, 0.3) is 0 Å². The normalized spacial score (nSPS) is 10.7. The summed E-state index contributed by atoms with van der Waals surface area (Å²) in [5.74, 6) is -0.270. The molecule has 19 heavy (non-hydrogen) atoms. The third kappa shape index (κ3) is 2.75. The highest BCUT2D eigenvalue weighted by atomic mass is 16.2. The summed E-state index contributed by atoms with van der Waals surface area (Å²) in [6.07, 6.45) is 3.54. The quantitative estimate of drug-likeness (QED) is 0.837. The van der Waals surface area contributed by atoms with Crippen molar-refractivity contribution in [2.75, 3.05) is 5.73 Å². The van der Waals surface area contributed by atoms with Crippen LogP contribution in [-0.2, 0) is 20.1 Å². The molecule has 7 nitrogen and oxygen atoms in total. The van der Waals surface area contributed by atoms with Crippen LogP contribution in [-0.4, -0.2) is 25.5 Å². The number of aryl methyl sites for hydroxylation is 3. The lowest BCUT2D eigenvalue weighted by atomic mass is 10.2. The lowest BCUT2D eigenvalue weighted by molar-refractivity contribution is 0.0946. The predicted octanol–water partition coefficient (Wildman–Crippen LogP) is 0.457. The Balaban J connectivity index is 2.05. The summed E-state index contributed by atoms with van der Waals surface area (Å²) in [6.45, 7) is 4.94. The monoisotopic (exact) mass is 262 g/mol. The second-order valence-corrected chi connectivity index (χ2v) is 4.38. The van der Waals surface area contributed by atoms with Gasteiger partial charge >= 0.3 is 0 Å². The fourth-order valence-corrected chi connectivity index (χ4v) is 1.86. The number of carbonyl (C=O) groups excluding carboxylic acids is 1. The smallest absolute Gasteiger partial charge is 0.274 e. The maximum Gasteiger partial charge on any atom is 0.274 e. The summed E-state index contributed by atoms with van der Waals surface area (Å²) in [6, 6.07) is 0. The van der Waals surface area contributed by atoms with Crippen molar-refractivity contribution in [3.63, 3.8) is 0 Å². The summed E-state index contributed by atoms with van der Waals surface area (Å²) in [5, 5.41) is 11.1. The summed E-state index contributed by atoms with van der Waals surface area (Å²) < 4.78 is 3.36. The van der Waals surface area contributed by atoms with Gasteiger partial charge in [0.2, 0.25) is 0 Å². The molecule has 7 heteroatoms. The van der Waals surface area contributed by atoms with Crippen LogP contribution in [0.15, 0.2) is 12.4 Å². The topological polar surface area (TPSA) is 90.8 Å². The van der Waals surface area contributed by atoms with Gasteiger partial charge in [-0.15, -0.1) is 0 Å². The van der Waals surface area contributed by atoms with Crippen LogP contribution >= 0.6 is 0 Å². The first-order valence-electron chi connectivity index (χ1n) is 6.11. The van der Waals surface area contributed by atoms with Crippen molar-refractivity contribution in [2.24, 2.45) is 7.05 Å². The molecule has 0 saturated carbocycles. The Labute approximate surface area is 111 Å². The molecule has 1 amide bonds. The highest BCUT2D eigenvalue weighted by Gasteiger charge is 2.14. The van der Waals surface area contributed by atoms with E-state index in [9.17, 15) is 4.79 Å². The van der Waals surface area contributed by atoms with Crippen LogP contribution in [0, 0.1) is 6.92 Å². The second-order valence-electron chi connectivity index (χ2n) is 4.38. The standard InChI is InChI=1S/C12H18N6O/c1-4-18-7-10(13)11(16-18)12(19)14-5-9-6-17(3)15-8(9)2/h6-7H,4-5,13H2,1-3H3,(H,14,19). The molecule has 0 saturated heterocycles. The van der Waals surface area contributed by atoms with E-state index in [1.54, 1.807) is 15.6 Å². The average molecular weight is 262 g/mol. The SMILES string of the molecule is CCn1cc(N)c(C(=O)NCc2cn(C)nc2C)n1. The molecule has 3 N–H and O–H groups in total. The highest BCUT2D eigenvalue weighted by Crippen LogP contribution is 2.10. The van der Waals surface area contributed by atoms with E-state index in [1.807, 2.05) is 27.1 Å². The molecule has 2 rings (SSSR count). The molecule has 102 valence electrons. The van der Waals surface area contributed by atoms with Gasteiger partial charge in [0, 0.05) is 38.1 Å². The molecule has 0 aromatic carbocycles. The van der Waals surface area contributed by atoms with Crippen molar-refractivity contribution in [3.05, 3.63) is 29.3 Å². The Morgan fingerprint density at radius 1 is 1.42 bits per heavy atom. The van der Waals surface area contributed by atoms with Crippen molar-refractivity contribution >= 4 is 11.6 Å². The number of nitrogens with one attached hydrogen (secondary N) is 1. The van der Waals surface area contributed by atoms with Gasteiger partial charge in [-0.05, 0) is 13.8 Å². The van der Waals surface area contributed by atoms with Gasteiger partial charge in [0.25, 0.3) is 5.91 Å². The highest BCUT2D eigenvalue weighted by molar-refractivity contribution is 5.96. The number of amides is 1. The lowest BCUT2D eigenvalue weighted by Gasteiger charge is -2.02. The van der Waals surface area contributed by atoms with Crippen molar-refractivity contribution in [1.82, 2.24) is 24.9 Å². The van der Waals surface area contributed by atoms with Crippen LogP contribution in [0.4, 0.5) is 5.69 Å². The molecule has 0 unspecified atom stereocenters. The van der Waals surface area contributed by atoms with E-state index in [0.717, 1.165) is 11.3 Å². The van der Waals surface area contributed by atoms with Crippen LogP contribution in [0.1, 0.15) is 28.7 Å². The molecular weight excluding hydrogens is 244 g/mol. The molecule has 2 heterocycles. The summed E-state index contributed by atoms with van der Waals surface area (Å²) in [7, 11) is 1.85. The molecular formula is C12H18N6O. The lowest BCUT2D eigenvalue weighted by Crippen LogP contribution is -2.24. The van der Waals surface area contributed by atoms with Crippen molar-refractivity contribution in [2.45, 2.75) is 26.9 Å². The van der Waals surface area contributed by atoms with Crippen LogP contribution in [0.5, 0.6) is 0 Å². The molecule has 0 bridgehead atoms. The molecule has 0 radical (unpaired) electrons. The Morgan fingerprint density at radius 2 is 2.16 bits per heavy atom. The van der Waals surface area contributed by atoms with Gasteiger partial charge < -0.3 is 11.1 Å². The fraction of sp³-hybridized carbons (Fsp3) is 0.417. The Kier molecular flexibility index (Phi) is 3.55. The van der Waals surface area contributed by atoms with E-state index < -0.39 is 0 Å². The molecule has 0 atom stereocenters. The third-order valence-electron chi connectivity index (χ3n) is 2.88. The minimum atomic E-state index is -0.270. The largest absolute Gasteiger partial charge is 0.396 e. The molecule has 0 spiro atoms. The van der Waals surface area contributed by atoms with Crippen LogP contribution in [0.3, 0.4) is 0 Å². The van der Waals surface area contributed by atoms with Crippen LogP contribution < -0.4 is 11.1 Å². The van der Waals surface area contributed by atoms with E-state index >= 15 is 0 Å². The van der Waals surface area contributed by atoms with Gasteiger partial charge in [-0.25, -0.2) is 0 Å². The maximum atomic E-state index is 12.0. The van der Waals surface area contributed by atoms with Gasteiger partial charge in [0.05, 0.1) is 11.4 Å². The van der Waals surface area contributed by atoms with Gasteiger partial charge in [0.15, 0.2) is 5.69 Å². The minimum absolute atomic E-state index is 0.267. The number of hydrogen-bond donors (Lipinski definition) is 2. The molecule has 2 aromatic heterocycles. The second kappa shape index (κ2) is 5.13. The minimum Gasteiger partial charge on any atom is -0.396 e. The first-order chi connectivity index (χ1) is 9.01. The van der Waals surface area contributed by atoms with E-state index in [-0.39, 0.29) is 11.6 Å². The average Bonchev–Trinajstić information content (AvgIpc) is 2.89. The van der Waals surface area contributed by atoms with Crippen molar-refractivity contribution < 1.29 is 4.79 Å². The number of carbonyl (C=O) groups is 1. The Morgan fingerprint density at radius 3 is 2.68 bits per heavy atom. The number of hydrogen-bond acceptors (Lipinski definition) is 4. The van der Waals surface area contributed by atoms with Crippen molar-refractivity contribution in [1.29, 1.82) is 0 Å². The van der Waals surface area contributed by atoms with Gasteiger partial charge in [-0.2, -0.15) is 10.2 Å². The van der Waals surface area contributed by atoms with Crippen LogP contribution in [0.2, 0.25) is 0 Å². The van der Waals surface area contributed by atoms with E-state index in [1.165, 1.54) is 0 Å². The van der Waals surface area contributed by atoms with Gasteiger partial charge in [-0.3, -0.25) is 14.2 Å². The molecule has 0 aliphatic heterocycles. The van der Waals surface area contributed by atoms with Crippen molar-refractivity contribution in [3.8, 4) is 0 Å². The summed E-state index contributed by atoms with van der Waals surface area (Å²) >= 11 is 0. The molecule has 0 aliphatic rings. The number of nitrogen functional groups attached to an aromatic ring is 1. The predicted molar refractivity (Wildman–Crippen MR) is 71.4 cm³/mol. The van der Waals surface area contributed by atoms with E-state index in [0.29, 0.717) is 18.8 Å². The number of aromatic nitrogens is 4. The maximum absolute atomic E-state index is 12.0. The van der Waals surface area contributed by atoms with Gasteiger partial charge in [0.1, 0.15) is 0 Å². The molecule has 0 fully saturated rings. The van der Waals surface area contributed by atoms with E-state index in [4.69, 9.17) is 5.73 Å². The zero-order chi connectivity index (χ0) is 14.0. The zero-order valence-electron chi connectivity index (χ0n) is 11.3. The molecule has 0 aliphatic carbocycles. The zero-order valence-corrected chi connectivity index (χ0v) is 11.3. The number of nitrogens with two attached hydrogens (primary N) is 1. The first kappa shape index (κ1) is 13.1. The first-order valence-corrected chi connectivity index (χ1v) is 6.11. The van der Waals surface area contributed by atoms with Gasteiger partial charge in [-0.1, -0.05) is 0 Å². The molecule has 2 aromatic rings. The number of rotatable bonds is 4. The number of nitrogens with zero attached hydrogens (tertiary/aromatic N) is 4. The fourth-order valence-electron chi connectivity index (χ4n) is 1.86. The summed E-state index contributed by atoms with van der Waals surface area (Å²) in [4.78, 5) is 12.0. The van der Waals surface area contributed by atoms with E-state index in [2.05, 4.69) is 15.5 Å². The Bertz CT molecular complexity index is 597. The summed E-state index contributed by atoms with van der Waals surface area (Å²) in [5.41, 5.74) is 8.29. The third-order valence-corrected chi connectivity index (χ3v) is 2.88. The Hall–Kier alpha value is -2.31. The number of anilines is 1.